The molecule has 268 valence electrons. The minimum atomic E-state index is -0.507. The van der Waals surface area contributed by atoms with Crippen LogP contribution in [0.5, 0.6) is 0 Å². The van der Waals surface area contributed by atoms with Gasteiger partial charge in [0.25, 0.3) is 0 Å². The van der Waals surface area contributed by atoms with Crippen LogP contribution in [0.3, 0.4) is 0 Å². The fraction of sp³-hybridized carbons (Fsp3) is 0.256. The van der Waals surface area contributed by atoms with Gasteiger partial charge in [0.05, 0.1) is 0 Å². The summed E-state index contributed by atoms with van der Waals surface area (Å²) in [5.74, 6) is 0.412. The first-order valence-corrected chi connectivity index (χ1v) is 18.1. The second-order valence-corrected chi connectivity index (χ2v) is 13.7. The van der Waals surface area contributed by atoms with E-state index in [0.717, 1.165) is 59.5 Å². The standard InChI is InChI=1S/C43H40N4O6/c1-7-46(8-2)29-15-11-25-19-31(41(48)52-37(25)23-29)39-44-33-21-27(13-17-35(33)50-39)43(5,6)28-14-18-36-34(22-28)45-40(51-36)32-20-26-12-16-30(47(9-3)10-4)24-38(26)53-42(32)49/h11-24H,7-10H2,1-6H3. The first-order valence-electron chi connectivity index (χ1n) is 18.1. The lowest BCUT2D eigenvalue weighted by atomic mass is 9.78. The van der Waals surface area contributed by atoms with Gasteiger partial charge in [0, 0.05) is 65.9 Å². The van der Waals surface area contributed by atoms with Gasteiger partial charge in [-0.15, -0.1) is 0 Å². The SMILES string of the molecule is CCN(CC)c1ccc2cc(-c3nc4cc(C(C)(C)c5ccc6oc(-c7cc8ccc(N(CC)CC)cc8oc7=O)nc6c5)ccc4o3)c(=O)oc2c1. The third kappa shape index (κ3) is 5.93. The fourth-order valence-corrected chi connectivity index (χ4v) is 7.10. The van der Waals surface area contributed by atoms with Crippen LogP contribution in [0.4, 0.5) is 11.4 Å². The summed E-state index contributed by atoms with van der Waals surface area (Å²) in [5, 5.41) is 1.58. The van der Waals surface area contributed by atoms with E-state index in [1.807, 2.05) is 72.8 Å². The number of nitrogens with zero attached hydrogens (tertiary/aromatic N) is 4. The third-order valence-corrected chi connectivity index (χ3v) is 10.4. The van der Waals surface area contributed by atoms with Crippen LogP contribution in [0.1, 0.15) is 52.7 Å². The van der Waals surface area contributed by atoms with E-state index in [-0.39, 0.29) is 22.9 Å². The summed E-state index contributed by atoms with van der Waals surface area (Å²) in [4.78, 5) is 40.2. The molecule has 0 radical (unpaired) electrons. The number of hydrogen-bond acceptors (Lipinski definition) is 10. The van der Waals surface area contributed by atoms with Crippen LogP contribution in [0.25, 0.3) is 67.0 Å². The van der Waals surface area contributed by atoms with Crippen molar-refractivity contribution in [1.29, 1.82) is 0 Å². The summed E-state index contributed by atoms with van der Waals surface area (Å²) >= 11 is 0. The molecule has 4 aromatic carbocycles. The molecule has 8 rings (SSSR count). The first kappa shape index (κ1) is 34.0. The number of oxazole rings is 2. The summed E-state index contributed by atoms with van der Waals surface area (Å²) < 4.78 is 23.7. The Labute approximate surface area is 305 Å². The van der Waals surface area contributed by atoms with E-state index >= 15 is 0 Å². The van der Waals surface area contributed by atoms with Crippen molar-refractivity contribution in [1.82, 2.24) is 9.97 Å². The van der Waals surface area contributed by atoms with Crippen LogP contribution in [0.15, 0.2) is 112 Å². The molecular formula is C43H40N4O6. The molecule has 0 bridgehead atoms. The van der Waals surface area contributed by atoms with Crippen molar-refractivity contribution in [3.05, 3.63) is 117 Å². The van der Waals surface area contributed by atoms with Crippen molar-refractivity contribution in [2.24, 2.45) is 0 Å². The Hall–Kier alpha value is -6.16. The summed E-state index contributed by atoms with van der Waals surface area (Å²) in [5.41, 5.74) is 6.42. The lowest BCUT2D eigenvalue weighted by molar-refractivity contribution is 0.553. The van der Waals surface area contributed by atoms with Gasteiger partial charge in [0.1, 0.15) is 33.3 Å². The molecule has 0 N–H and O–H groups in total. The summed E-state index contributed by atoms with van der Waals surface area (Å²) in [6.07, 6.45) is 0. The van der Waals surface area contributed by atoms with Gasteiger partial charge >= 0.3 is 11.3 Å². The van der Waals surface area contributed by atoms with Crippen LogP contribution < -0.4 is 21.1 Å². The van der Waals surface area contributed by atoms with E-state index in [9.17, 15) is 9.59 Å². The van der Waals surface area contributed by atoms with E-state index in [1.165, 1.54) is 0 Å². The van der Waals surface area contributed by atoms with E-state index in [0.29, 0.717) is 33.4 Å². The monoisotopic (exact) mass is 708 g/mol. The number of rotatable bonds is 10. The molecule has 0 saturated heterocycles. The minimum Gasteiger partial charge on any atom is -0.436 e. The van der Waals surface area contributed by atoms with Gasteiger partial charge < -0.3 is 27.5 Å². The molecule has 0 atom stereocenters. The van der Waals surface area contributed by atoms with E-state index < -0.39 is 16.7 Å². The zero-order valence-electron chi connectivity index (χ0n) is 30.6. The lowest BCUT2D eigenvalue weighted by Crippen LogP contribution is -2.21. The molecule has 10 nitrogen and oxygen atoms in total. The molecular weight excluding hydrogens is 668 g/mol. The number of fused-ring (bicyclic) bond motifs is 4. The van der Waals surface area contributed by atoms with Crippen LogP contribution >= 0.6 is 0 Å². The molecule has 0 aliphatic heterocycles. The maximum atomic E-state index is 13.2. The summed E-state index contributed by atoms with van der Waals surface area (Å²) in [6.45, 7) is 16.0. The zero-order valence-corrected chi connectivity index (χ0v) is 30.6. The Morgan fingerprint density at radius 2 is 0.925 bits per heavy atom. The van der Waals surface area contributed by atoms with Crippen molar-refractivity contribution >= 4 is 55.5 Å². The number of anilines is 2. The zero-order chi connectivity index (χ0) is 37.0. The van der Waals surface area contributed by atoms with Gasteiger partial charge in [-0.05, 0) is 99.5 Å². The molecule has 0 aliphatic carbocycles. The molecule has 0 unspecified atom stereocenters. The number of hydrogen-bond donors (Lipinski definition) is 0. The smallest absolute Gasteiger partial charge is 0.349 e. The molecule has 8 aromatic rings. The molecule has 4 aromatic heterocycles. The van der Waals surface area contributed by atoms with Crippen molar-refractivity contribution in [2.75, 3.05) is 36.0 Å². The Kier molecular flexibility index (Phi) is 8.40. The van der Waals surface area contributed by atoms with Crippen LogP contribution in [0.2, 0.25) is 0 Å². The fourth-order valence-electron chi connectivity index (χ4n) is 7.10. The molecule has 0 saturated carbocycles. The van der Waals surface area contributed by atoms with Crippen LogP contribution in [-0.4, -0.2) is 36.1 Å². The second-order valence-electron chi connectivity index (χ2n) is 13.7. The van der Waals surface area contributed by atoms with Gasteiger partial charge in [-0.1, -0.05) is 26.0 Å². The average Bonchev–Trinajstić information content (AvgIpc) is 3.79. The summed E-state index contributed by atoms with van der Waals surface area (Å²) in [6, 6.07) is 27.0. The Bertz CT molecular complexity index is 2590. The highest BCUT2D eigenvalue weighted by atomic mass is 16.4. The molecule has 0 amide bonds. The predicted octanol–water partition coefficient (Wildman–Crippen LogP) is 9.53. The molecule has 0 spiro atoms. The normalized spacial score (nSPS) is 12.0. The van der Waals surface area contributed by atoms with Crippen molar-refractivity contribution in [3.8, 4) is 22.9 Å². The lowest BCUT2D eigenvalue weighted by Gasteiger charge is -2.26. The maximum Gasteiger partial charge on any atom is 0.349 e. The summed E-state index contributed by atoms with van der Waals surface area (Å²) in [7, 11) is 0. The van der Waals surface area contributed by atoms with Gasteiger partial charge in [0.2, 0.25) is 11.8 Å². The highest BCUT2D eigenvalue weighted by molar-refractivity contribution is 5.86. The van der Waals surface area contributed by atoms with E-state index in [2.05, 4.69) is 51.3 Å². The molecule has 53 heavy (non-hydrogen) atoms. The van der Waals surface area contributed by atoms with Gasteiger partial charge in [-0.2, -0.15) is 0 Å². The van der Waals surface area contributed by atoms with Gasteiger partial charge in [0.15, 0.2) is 11.2 Å². The number of benzene rings is 4. The molecule has 4 heterocycles. The van der Waals surface area contributed by atoms with Gasteiger partial charge in [-0.3, -0.25) is 0 Å². The second kappa shape index (κ2) is 13.1. The van der Waals surface area contributed by atoms with Crippen LogP contribution in [0, 0.1) is 0 Å². The van der Waals surface area contributed by atoms with Crippen molar-refractivity contribution in [3.63, 3.8) is 0 Å². The maximum absolute atomic E-state index is 13.2. The van der Waals surface area contributed by atoms with Gasteiger partial charge in [-0.25, -0.2) is 19.6 Å². The Balaban J connectivity index is 1.09. The Morgan fingerprint density at radius 1 is 0.509 bits per heavy atom. The molecule has 0 aliphatic rings. The highest BCUT2D eigenvalue weighted by Crippen LogP contribution is 2.37. The topological polar surface area (TPSA) is 119 Å². The average molecular weight is 709 g/mol. The largest absolute Gasteiger partial charge is 0.436 e. The van der Waals surface area contributed by atoms with E-state index in [4.69, 9.17) is 27.6 Å². The number of aromatic nitrogens is 2. The Morgan fingerprint density at radius 3 is 1.32 bits per heavy atom. The molecule has 0 fully saturated rings. The van der Waals surface area contributed by atoms with Crippen LogP contribution in [-0.2, 0) is 5.41 Å². The predicted molar refractivity (Wildman–Crippen MR) is 210 cm³/mol. The highest BCUT2D eigenvalue weighted by Gasteiger charge is 2.26. The van der Waals surface area contributed by atoms with Crippen molar-refractivity contribution in [2.45, 2.75) is 47.0 Å². The van der Waals surface area contributed by atoms with Crippen molar-refractivity contribution < 1.29 is 17.7 Å². The third-order valence-electron chi connectivity index (χ3n) is 10.4. The molecule has 10 heteroatoms. The first-order chi connectivity index (χ1) is 25.6. The quantitative estimate of drug-likeness (QED) is 0.127. The van der Waals surface area contributed by atoms with E-state index in [1.54, 1.807) is 12.1 Å². The minimum absolute atomic E-state index is 0.206.